The van der Waals surface area contributed by atoms with Gasteiger partial charge in [-0.05, 0) is 30.5 Å². The molecule has 1 amide bonds. The predicted octanol–water partition coefficient (Wildman–Crippen LogP) is 3.20. The Morgan fingerprint density at radius 2 is 1.81 bits per heavy atom. The minimum absolute atomic E-state index is 0.132. The molecule has 0 radical (unpaired) electrons. The molecule has 1 heterocycles. The van der Waals surface area contributed by atoms with Crippen molar-refractivity contribution in [2.45, 2.75) is 37.9 Å². The molecule has 26 heavy (non-hydrogen) atoms. The molecule has 4 nitrogen and oxygen atoms in total. The van der Waals surface area contributed by atoms with Crippen LogP contribution in [0.4, 0.5) is 0 Å². The second kappa shape index (κ2) is 8.97. The summed E-state index contributed by atoms with van der Waals surface area (Å²) in [5.41, 5.74) is 8.58. The molecule has 3 rings (SSSR count). The Morgan fingerprint density at radius 3 is 2.50 bits per heavy atom. The van der Waals surface area contributed by atoms with Crippen molar-refractivity contribution >= 4 is 5.91 Å². The van der Waals surface area contributed by atoms with Gasteiger partial charge >= 0.3 is 0 Å². The topological polar surface area (TPSA) is 49.6 Å². The van der Waals surface area contributed by atoms with Gasteiger partial charge in [0.1, 0.15) is 0 Å². The fraction of sp³-hybridized carbons (Fsp3) is 0.409. The summed E-state index contributed by atoms with van der Waals surface area (Å²) in [6.45, 7) is 2.97. The maximum atomic E-state index is 12.7. The quantitative estimate of drug-likeness (QED) is 0.869. The van der Waals surface area contributed by atoms with Crippen molar-refractivity contribution in [2.75, 3.05) is 20.1 Å². The maximum absolute atomic E-state index is 12.7. The third kappa shape index (κ3) is 4.93. The lowest BCUT2D eigenvalue weighted by Crippen LogP contribution is -2.48. The van der Waals surface area contributed by atoms with Crippen molar-refractivity contribution in [3.05, 3.63) is 71.8 Å². The molecule has 1 aliphatic rings. The Balaban J connectivity index is 1.54. The van der Waals surface area contributed by atoms with Gasteiger partial charge in [-0.1, -0.05) is 60.7 Å². The molecule has 1 aliphatic heterocycles. The van der Waals surface area contributed by atoms with Gasteiger partial charge in [-0.2, -0.15) is 0 Å². The average molecular weight is 351 g/mol. The molecule has 0 bridgehead atoms. The Kier molecular flexibility index (Phi) is 6.42. The van der Waals surface area contributed by atoms with Crippen LogP contribution in [0.25, 0.3) is 0 Å². The summed E-state index contributed by atoms with van der Waals surface area (Å²) in [4.78, 5) is 17.1. The van der Waals surface area contributed by atoms with Crippen LogP contribution >= 0.6 is 0 Å². The average Bonchev–Trinajstić information content (AvgIpc) is 2.69. The van der Waals surface area contributed by atoms with Crippen molar-refractivity contribution in [1.82, 2.24) is 9.80 Å². The van der Waals surface area contributed by atoms with Gasteiger partial charge in [0.2, 0.25) is 5.91 Å². The lowest BCUT2D eigenvalue weighted by Gasteiger charge is -2.38. The predicted molar refractivity (Wildman–Crippen MR) is 105 cm³/mol. The summed E-state index contributed by atoms with van der Waals surface area (Å²) >= 11 is 0. The van der Waals surface area contributed by atoms with Gasteiger partial charge in [0.05, 0.1) is 0 Å². The van der Waals surface area contributed by atoms with E-state index >= 15 is 0 Å². The highest BCUT2D eigenvalue weighted by molar-refractivity contribution is 5.77. The summed E-state index contributed by atoms with van der Waals surface area (Å²) in [5, 5.41) is 0. The number of likely N-dealkylation sites (tertiary alicyclic amines) is 1. The number of rotatable bonds is 6. The molecule has 1 fully saturated rings. The molecular formula is C22H29N3O. The highest BCUT2D eigenvalue weighted by Crippen LogP contribution is 2.20. The molecule has 2 N–H and O–H groups in total. The van der Waals surface area contributed by atoms with Gasteiger partial charge in [-0.15, -0.1) is 0 Å². The minimum Gasteiger partial charge on any atom is -0.341 e. The van der Waals surface area contributed by atoms with E-state index in [-0.39, 0.29) is 18.0 Å². The number of hydrogen-bond acceptors (Lipinski definition) is 3. The number of amides is 1. The minimum atomic E-state index is -0.241. The SMILES string of the molecule is CN(C(=O)CC(N)c1ccccc1)C1CCCN(Cc2ccccc2)C1. The largest absolute Gasteiger partial charge is 0.341 e. The van der Waals surface area contributed by atoms with E-state index in [1.807, 2.05) is 48.3 Å². The number of piperidine rings is 1. The van der Waals surface area contributed by atoms with Gasteiger partial charge < -0.3 is 10.6 Å². The molecule has 0 aromatic heterocycles. The van der Waals surface area contributed by atoms with E-state index in [2.05, 4.69) is 29.2 Å². The van der Waals surface area contributed by atoms with Gasteiger partial charge in [-0.3, -0.25) is 9.69 Å². The molecule has 0 spiro atoms. The summed E-state index contributed by atoms with van der Waals surface area (Å²) in [5.74, 6) is 0.132. The third-order valence-corrected chi connectivity index (χ3v) is 5.29. The van der Waals surface area contributed by atoms with Crippen LogP contribution in [0.15, 0.2) is 60.7 Å². The number of carbonyl (C=O) groups is 1. The number of nitrogens with zero attached hydrogens (tertiary/aromatic N) is 2. The highest BCUT2D eigenvalue weighted by Gasteiger charge is 2.27. The first-order chi connectivity index (χ1) is 12.6. The molecule has 2 aromatic carbocycles. The normalized spacial score (nSPS) is 19.1. The van der Waals surface area contributed by atoms with Crippen LogP contribution in [-0.2, 0) is 11.3 Å². The molecule has 0 saturated carbocycles. The first-order valence-corrected chi connectivity index (χ1v) is 9.46. The van der Waals surface area contributed by atoms with Crippen LogP contribution in [0.5, 0.6) is 0 Å². The number of hydrogen-bond donors (Lipinski definition) is 1. The van der Waals surface area contributed by atoms with Crippen molar-refractivity contribution < 1.29 is 4.79 Å². The van der Waals surface area contributed by atoms with Crippen molar-refractivity contribution in [3.63, 3.8) is 0 Å². The number of nitrogens with two attached hydrogens (primary N) is 1. The number of likely N-dealkylation sites (N-methyl/N-ethyl adjacent to an activating group) is 1. The highest BCUT2D eigenvalue weighted by atomic mass is 16.2. The first-order valence-electron chi connectivity index (χ1n) is 9.46. The molecular weight excluding hydrogens is 322 g/mol. The van der Waals surface area contributed by atoms with Crippen LogP contribution in [0.3, 0.4) is 0 Å². The van der Waals surface area contributed by atoms with Gasteiger partial charge in [-0.25, -0.2) is 0 Å². The molecule has 0 aliphatic carbocycles. The van der Waals surface area contributed by atoms with Crippen LogP contribution < -0.4 is 5.73 Å². The second-order valence-corrected chi connectivity index (χ2v) is 7.24. The Bertz CT molecular complexity index is 689. The Morgan fingerprint density at radius 1 is 1.15 bits per heavy atom. The van der Waals surface area contributed by atoms with E-state index in [4.69, 9.17) is 5.73 Å². The van der Waals surface area contributed by atoms with E-state index in [9.17, 15) is 4.79 Å². The maximum Gasteiger partial charge on any atom is 0.224 e. The Labute approximate surface area is 156 Å². The molecule has 2 atom stereocenters. The standard InChI is InChI=1S/C22H29N3O/c1-24(22(26)15-21(23)19-11-6-3-7-12-19)20-13-8-14-25(17-20)16-18-9-4-2-5-10-18/h2-7,9-12,20-21H,8,13-17,23H2,1H3. The van der Waals surface area contributed by atoms with Crippen LogP contribution in [-0.4, -0.2) is 41.9 Å². The fourth-order valence-electron chi connectivity index (χ4n) is 3.69. The molecule has 138 valence electrons. The molecule has 2 aromatic rings. The van der Waals surface area contributed by atoms with Gasteiger partial charge in [0, 0.05) is 38.6 Å². The van der Waals surface area contributed by atoms with Crippen LogP contribution in [0, 0.1) is 0 Å². The van der Waals surface area contributed by atoms with Crippen LogP contribution in [0.1, 0.15) is 36.4 Å². The zero-order valence-electron chi connectivity index (χ0n) is 15.6. The van der Waals surface area contributed by atoms with Gasteiger partial charge in [0.15, 0.2) is 0 Å². The molecule has 1 saturated heterocycles. The lowest BCUT2D eigenvalue weighted by atomic mass is 10.0. The second-order valence-electron chi connectivity index (χ2n) is 7.24. The number of carbonyl (C=O) groups excluding carboxylic acids is 1. The monoisotopic (exact) mass is 351 g/mol. The van der Waals surface area contributed by atoms with Crippen molar-refractivity contribution in [1.29, 1.82) is 0 Å². The van der Waals surface area contributed by atoms with Crippen LogP contribution in [0.2, 0.25) is 0 Å². The number of benzene rings is 2. The summed E-state index contributed by atoms with van der Waals surface area (Å²) in [6, 6.07) is 20.4. The summed E-state index contributed by atoms with van der Waals surface area (Å²) in [6.07, 6.45) is 2.55. The molecule has 4 heteroatoms. The molecule has 2 unspecified atom stereocenters. The first kappa shape index (κ1) is 18.6. The van der Waals surface area contributed by atoms with E-state index < -0.39 is 0 Å². The zero-order chi connectivity index (χ0) is 18.4. The van der Waals surface area contributed by atoms with E-state index in [1.54, 1.807) is 0 Å². The Hall–Kier alpha value is -2.17. The lowest BCUT2D eigenvalue weighted by molar-refractivity contribution is -0.133. The summed E-state index contributed by atoms with van der Waals surface area (Å²) in [7, 11) is 1.93. The van der Waals surface area contributed by atoms with Crippen molar-refractivity contribution in [3.8, 4) is 0 Å². The zero-order valence-corrected chi connectivity index (χ0v) is 15.6. The third-order valence-electron chi connectivity index (χ3n) is 5.29. The van der Waals surface area contributed by atoms with Crippen molar-refractivity contribution in [2.24, 2.45) is 5.73 Å². The fourth-order valence-corrected chi connectivity index (χ4v) is 3.69. The summed E-state index contributed by atoms with van der Waals surface area (Å²) < 4.78 is 0. The smallest absolute Gasteiger partial charge is 0.224 e. The van der Waals surface area contributed by atoms with E-state index in [0.29, 0.717) is 6.42 Å². The van der Waals surface area contributed by atoms with E-state index in [0.717, 1.165) is 38.0 Å². The van der Waals surface area contributed by atoms with E-state index in [1.165, 1.54) is 5.56 Å². The van der Waals surface area contributed by atoms with Gasteiger partial charge in [0.25, 0.3) is 0 Å².